The fourth-order valence-corrected chi connectivity index (χ4v) is 3.36. The molecule has 1 aliphatic heterocycles. The van der Waals surface area contributed by atoms with Gasteiger partial charge in [-0.2, -0.15) is 11.3 Å². The van der Waals surface area contributed by atoms with Crippen LogP contribution in [0.25, 0.3) is 0 Å². The van der Waals surface area contributed by atoms with Gasteiger partial charge < -0.3 is 15.2 Å². The highest BCUT2D eigenvalue weighted by Gasteiger charge is 2.21. The SMILES string of the molecule is O=C(NCCC(CCO)c1ccsc1)C1CCOCC1. The molecule has 0 spiro atoms. The predicted molar refractivity (Wildman–Crippen MR) is 79.9 cm³/mol. The van der Waals surface area contributed by atoms with Gasteiger partial charge in [-0.3, -0.25) is 4.79 Å². The molecule has 2 heterocycles. The molecule has 0 saturated carbocycles. The normalized spacial score (nSPS) is 17.9. The fraction of sp³-hybridized carbons (Fsp3) is 0.667. The van der Waals surface area contributed by atoms with Gasteiger partial charge in [0.25, 0.3) is 0 Å². The second kappa shape index (κ2) is 8.39. The van der Waals surface area contributed by atoms with Gasteiger partial charge in [0.2, 0.25) is 5.91 Å². The lowest BCUT2D eigenvalue weighted by molar-refractivity contribution is -0.127. The van der Waals surface area contributed by atoms with Crippen molar-refractivity contribution >= 4 is 17.2 Å². The molecule has 4 nitrogen and oxygen atoms in total. The van der Waals surface area contributed by atoms with E-state index in [0.717, 1.165) is 25.7 Å². The van der Waals surface area contributed by atoms with Crippen LogP contribution in [0, 0.1) is 5.92 Å². The summed E-state index contributed by atoms with van der Waals surface area (Å²) in [7, 11) is 0. The molecule has 5 heteroatoms. The Kier molecular flexibility index (Phi) is 6.50. The highest BCUT2D eigenvalue weighted by molar-refractivity contribution is 7.07. The second-order valence-corrected chi connectivity index (χ2v) is 6.01. The second-order valence-electron chi connectivity index (χ2n) is 5.23. The van der Waals surface area contributed by atoms with Crippen molar-refractivity contribution in [2.45, 2.75) is 31.6 Å². The van der Waals surface area contributed by atoms with E-state index in [1.165, 1.54) is 5.56 Å². The molecule has 1 unspecified atom stereocenters. The van der Waals surface area contributed by atoms with Gasteiger partial charge in [-0.05, 0) is 54.0 Å². The minimum absolute atomic E-state index is 0.112. The highest BCUT2D eigenvalue weighted by atomic mass is 32.1. The van der Waals surface area contributed by atoms with Gasteiger partial charge in [0.1, 0.15) is 0 Å². The van der Waals surface area contributed by atoms with Crippen molar-refractivity contribution in [1.82, 2.24) is 5.32 Å². The van der Waals surface area contributed by atoms with E-state index in [4.69, 9.17) is 9.84 Å². The van der Waals surface area contributed by atoms with Gasteiger partial charge in [-0.1, -0.05) is 0 Å². The van der Waals surface area contributed by atoms with Crippen LogP contribution >= 0.6 is 11.3 Å². The van der Waals surface area contributed by atoms with Gasteiger partial charge in [0.05, 0.1) is 0 Å². The van der Waals surface area contributed by atoms with Gasteiger partial charge in [-0.25, -0.2) is 0 Å². The van der Waals surface area contributed by atoms with Crippen molar-refractivity contribution < 1.29 is 14.6 Å². The monoisotopic (exact) mass is 297 g/mol. The molecule has 112 valence electrons. The number of rotatable bonds is 7. The van der Waals surface area contributed by atoms with E-state index < -0.39 is 0 Å². The first-order valence-corrected chi connectivity index (χ1v) is 8.24. The van der Waals surface area contributed by atoms with Crippen LogP contribution < -0.4 is 5.32 Å². The van der Waals surface area contributed by atoms with Crippen molar-refractivity contribution in [3.05, 3.63) is 22.4 Å². The van der Waals surface area contributed by atoms with E-state index in [9.17, 15) is 4.79 Å². The summed E-state index contributed by atoms with van der Waals surface area (Å²) in [6.07, 6.45) is 3.29. The largest absolute Gasteiger partial charge is 0.396 e. The number of carbonyl (C=O) groups is 1. The number of thiophene rings is 1. The number of hydrogen-bond acceptors (Lipinski definition) is 4. The third-order valence-corrected chi connectivity index (χ3v) is 4.58. The quantitative estimate of drug-likeness (QED) is 0.811. The summed E-state index contributed by atoms with van der Waals surface area (Å²) < 4.78 is 5.27. The average molecular weight is 297 g/mol. The number of nitrogens with one attached hydrogen (secondary N) is 1. The van der Waals surface area contributed by atoms with Gasteiger partial charge in [0, 0.05) is 32.3 Å². The predicted octanol–water partition coefficient (Wildman–Crippen LogP) is 2.15. The first-order valence-electron chi connectivity index (χ1n) is 7.29. The molecule has 0 bridgehead atoms. The number of hydrogen-bond donors (Lipinski definition) is 2. The molecule has 1 aromatic heterocycles. The maximum absolute atomic E-state index is 12.0. The molecule has 2 N–H and O–H groups in total. The number of ether oxygens (including phenoxy) is 1. The van der Waals surface area contributed by atoms with Crippen molar-refractivity contribution in [2.75, 3.05) is 26.4 Å². The zero-order valence-corrected chi connectivity index (χ0v) is 12.5. The van der Waals surface area contributed by atoms with Gasteiger partial charge in [0.15, 0.2) is 0 Å². The summed E-state index contributed by atoms with van der Waals surface area (Å²) in [4.78, 5) is 12.0. The summed E-state index contributed by atoms with van der Waals surface area (Å²) in [5, 5.41) is 16.4. The summed E-state index contributed by atoms with van der Waals surface area (Å²) in [5.74, 6) is 0.601. The van der Waals surface area contributed by atoms with Crippen LogP contribution in [0.3, 0.4) is 0 Å². The molecule has 1 fully saturated rings. The first kappa shape index (κ1) is 15.5. The Morgan fingerprint density at radius 1 is 1.45 bits per heavy atom. The zero-order chi connectivity index (χ0) is 14.2. The van der Waals surface area contributed by atoms with Crippen molar-refractivity contribution in [1.29, 1.82) is 0 Å². The summed E-state index contributed by atoms with van der Waals surface area (Å²) >= 11 is 1.67. The zero-order valence-electron chi connectivity index (χ0n) is 11.7. The molecule has 0 aromatic carbocycles. The van der Waals surface area contributed by atoms with Crippen LogP contribution in [0.1, 0.15) is 37.2 Å². The Labute approximate surface area is 124 Å². The Morgan fingerprint density at radius 3 is 2.90 bits per heavy atom. The van der Waals surface area contributed by atoms with E-state index in [-0.39, 0.29) is 18.4 Å². The number of amides is 1. The van der Waals surface area contributed by atoms with Crippen LogP contribution in [0.5, 0.6) is 0 Å². The van der Waals surface area contributed by atoms with E-state index in [2.05, 4.69) is 22.1 Å². The third-order valence-electron chi connectivity index (χ3n) is 3.88. The topological polar surface area (TPSA) is 58.6 Å². The van der Waals surface area contributed by atoms with Crippen molar-refractivity contribution in [3.63, 3.8) is 0 Å². The van der Waals surface area contributed by atoms with Crippen LogP contribution in [0.2, 0.25) is 0 Å². The number of aliphatic hydroxyl groups excluding tert-OH is 1. The van der Waals surface area contributed by atoms with E-state index in [1.807, 2.05) is 0 Å². The highest BCUT2D eigenvalue weighted by Crippen LogP contribution is 2.25. The molecule has 20 heavy (non-hydrogen) atoms. The molecule has 1 amide bonds. The van der Waals surface area contributed by atoms with Crippen molar-refractivity contribution in [3.8, 4) is 0 Å². The average Bonchev–Trinajstić information content (AvgIpc) is 3.01. The minimum Gasteiger partial charge on any atom is -0.396 e. The van der Waals surface area contributed by atoms with Crippen LogP contribution in [-0.4, -0.2) is 37.4 Å². The number of carbonyl (C=O) groups excluding carboxylic acids is 1. The molecule has 1 aliphatic rings. The van der Waals surface area contributed by atoms with Gasteiger partial charge in [-0.15, -0.1) is 0 Å². The van der Waals surface area contributed by atoms with E-state index in [0.29, 0.717) is 25.7 Å². The molecule has 1 aromatic rings. The first-order chi connectivity index (χ1) is 9.81. The Balaban J connectivity index is 1.74. The summed E-state index contributed by atoms with van der Waals surface area (Å²) in [6.45, 7) is 2.26. The summed E-state index contributed by atoms with van der Waals surface area (Å²) in [6, 6.07) is 2.10. The molecule has 0 aliphatic carbocycles. The lowest BCUT2D eigenvalue weighted by Crippen LogP contribution is -2.35. The fourth-order valence-electron chi connectivity index (χ4n) is 2.61. The lowest BCUT2D eigenvalue weighted by atomic mass is 9.94. The standard InChI is InChI=1S/C15H23NO3S/c17-7-2-12(14-5-10-20-11-14)1-6-16-15(18)13-3-8-19-9-4-13/h5,10-13,17H,1-4,6-9H2,(H,16,18). The number of aliphatic hydroxyl groups is 1. The minimum atomic E-state index is 0.112. The maximum Gasteiger partial charge on any atom is 0.223 e. The van der Waals surface area contributed by atoms with E-state index >= 15 is 0 Å². The Hall–Kier alpha value is -0.910. The van der Waals surface area contributed by atoms with Crippen LogP contribution in [0.15, 0.2) is 16.8 Å². The van der Waals surface area contributed by atoms with Gasteiger partial charge >= 0.3 is 0 Å². The third kappa shape index (κ3) is 4.58. The van der Waals surface area contributed by atoms with Crippen molar-refractivity contribution in [2.24, 2.45) is 5.92 Å². The molecule has 2 rings (SSSR count). The molecule has 1 atom stereocenters. The Bertz CT molecular complexity index is 388. The van der Waals surface area contributed by atoms with Crippen LogP contribution in [-0.2, 0) is 9.53 Å². The van der Waals surface area contributed by atoms with E-state index in [1.54, 1.807) is 11.3 Å². The van der Waals surface area contributed by atoms with Crippen LogP contribution in [0.4, 0.5) is 0 Å². The molecule has 0 radical (unpaired) electrons. The smallest absolute Gasteiger partial charge is 0.223 e. The molecule has 1 saturated heterocycles. The molecular weight excluding hydrogens is 274 g/mol. The Morgan fingerprint density at radius 2 is 2.25 bits per heavy atom. The maximum atomic E-state index is 12.0. The molecular formula is C15H23NO3S. The summed E-state index contributed by atoms with van der Waals surface area (Å²) in [5.41, 5.74) is 1.27. The lowest BCUT2D eigenvalue weighted by Gasteiger charge is -2.22.